The topological polar surface area (TPSA) is 120 Å². The van der Waals surface area contributed by atoms with Crippen molar-refractivity contribution in [3.05, 3.63) is 35.5 Å². The summed E-state index contributed by atoms with van der Waals surface area (Å²) in [5.41, 5.74) is 12.6. The molecule has 1 aromatic carbocycles. The third kappa shape index (κ3) is 3.44. The van der Waals surface area contributed by atoms with Gasteiger partial charge in [0.2, 0.25) is 5.89 Å². The van der Waals surface area contributed by atoms with Crippen molar-refractivity contribution in [1.29, 1.82) is 0 Å². The van der Waals surface area contributed by atoms with Gasteiger partial charge in [-0.1, -0.05) is 5.16 Å². The number of hydrogen-bond acceptors (Lipinski definition) is 6. The highest BCUT2D eigenvalue weighted by Gasteiger charge is 2.08. The standard InChI is InChI=1S/C12H15N5O2/c1-7-16-11(17-19-7)2-3-15-12(18)8-4-9(13)6-10(14)5-8/h4-6H,2-3,13-14H2,1H3,(H,15,18). The number of carbonyl (C=O) groups is 1. The minimum atomic E-state index is -0.237. The Bertz CT molecular complexity index is 573. The van der Waals surface area contributed by atoms with E-state index < -0.39 is 0 Å². The van der Waals surface area contributed by atoms with Crippen molar-refractivity contribution in [2.75, 3.05) is 18.0 Å². The molecular weight excluding hydrogens is 246 g/mol. The Kier molecular flexibility index (Phi) is 3.65. The van der Waals surface area contributed by atoms with Gasteiger partial charge in [0, 0.05) is 36.8 Å². The Balaban J connectivity index is 1.90. The van der Waals surface area contributed by atoms with Crippen LogP contribution in [-0.2, 0) is 6.42 Å². The van der Waals surface area contributed by atoms with E-state index in [0.717, 1.165) is 0 Å². The first-order valence-corrected chi connectivity index (χ1v) is 5.78. The zero-order valence-corrected chi connectivity index (χ0v) is 10.5. The second-order valence-electron chi connectivity index (χ2n) is 4.12. The first kappa shape index (κ1) is 12.9. The van der Waals surface area contributed by atoms with E-state index in [-0.39, 0.29) is 5.91 Å². The second kappa shape index (κ2) is 5.38. The van der Waals surface area contributed by atoms with Gasteiger partial charge in [-0.15, -0.1) is 0 Å². The number of amides is 1. The Morgan fingerprint density at radius 1 is 1.32 bits per heavy atom. The highest BCUT2D eigenvalue weighted by Crippen LogP contribution is 2.13. The number of nitrogens with two attached hydrogens (primary N) is 2. The first-order chi connectivity index (χ1) is 9.04. The second-order valence-corrected chi connectivity index (χ2v) is 4.12. The third-order valence-electron chi connectivity index (χ3n) is 2.44. The predicted octanol–water partition coefficient (Wildman–Crippen LogP) is 0.515. The molecule has 0 radical (unpaired) electrons. The third-order valence-corrected chi connectivity index (χ3v) is 2.44. The van der Waals surface area contributed by atoms with Gasteiger partial charge in [0.15, 0.2) is 5.82 Å². The SMILES string of the molecule is Cc1nc(CCNC(=O)c2cc(N)cc(N)c2)no1. The maximum Gasteiger partial charge on any atom is 0.251 e. The summed E-state index contributed by atoms with van der Waals surface area (Å²) in [7, 11) is 0. The average molecular weight is 261 g/mol. The van der Waals surface area contributed by atoms with Gasteiger partial charge in [-0.2, -0.15) is 4.98 Å². The lowest BCUT2D eigenvalue weighted by molar-refractivity contribution is 0.0954. The lowest BCUT2D eigenvalue weighted by Gasteiger charge is -2.05. The Morgan fingerprint density at radius 2 is 2.00 bits per heavy atom. The molecule has 2 aromatic rings. The van der Waals surface area contributed by atoms with Gasteiger partial charge in [0.25, 0.3) is 5.91 Å². The van der Waals surface area contributed by atoms with E-state index in [4.69, 9.17) is 16.0 Å². The van der Waals surface area contributed by atoms with Crippen LogP contribution in [0.3, 0.4) is 0 Å². The number of aromatic nitrogens is 2. The number of aryl methyl sites for hydroxylation is 1. The molecule has 0 spiro atoms. The molecule has 0 atom stereocenters. The molecule has 0 aliphatic rings. The number of nitrogens with zero attached hydrogens (tertiary/aromatic N) is 2. The van der Waals surface area contributed by atoms with E-state index in [1.54, 1.807) is 25.1 Å². The molecule has 2 rings (SSSR count). The van der Waals surface area contributed by atoms with Crippen LogP contribution < -0.4 is 16.8 Å². The number of nitrogen functional groups attached to an aromatic ring is 2. The number of hydrogen-bond donors (Lipinski definition) is 3. The van der Waals surface area contributed by atoms with Gasteiger partial charge >= 0.3 is 0 Å². The molecule has 0 unspecified atom stereocenters. The van der Waals surface area contributed by atoms with Crippen LogP contribution in [0.15, 0.2) is 22.7 Å². The fourth-order valence-corrected chi connectivity index (χ4v) is 1.64. The fraction of sp³-hybridized carbons (Fsp3) is 0.250. The van der Waals surface area contributed by atoms with Crippen molar-refractivity contribution in [3.63, 3.8) is 0 Å². The fourth-order valence-electron chi connectivity index (χ4n) is 1.64. The highest BCUT2D eigenvalue weighted by atomic mass is 16.5. The van der Waals surface area contributed by atoms with E-state index in [2.05, 4.69) is 15.5 Å². The lowest BCUT2D eigenvalue weighted by Crippen LogP contribution is -2.26. The van der Waals surface area contributed by atoms with Gasteiger partial charge < -0.3 is 21.3 Å². The van der Waals surface area contributed by atoms with E-state index >= 15 is 0 Å². The predicted molar refractivity (Wildman–Crippen MR) is 70.3 cm³/mol. The number of benzene rings is 1. The van der Waals surface area contributed by atoms with E-state index in [1.807, 2.05) is 0 Å². The zero-order valence-electron chi connectivity index (χ0n) is 10.5. The lowest BCUT2D eigenvalue weighted by atomic mass is 10.1. The smallest absolute Gasteiger partial charge is 0.251 e. The maximum atomic E-state index is 11.9. The van der Waals surface area contributed by atoms with Gasteiger partial charge in [-0.3, -0.25) is 4.79 Å². The number of nitrogens with one attached hydrogen (secondary N) is 1. The van der Waals surface area contributed by atoms with Crippen LogP contribution in [0.1, 0.15) is 22.1 Å². The summed E-state index contributed by atoms with van der Waals surface area (Å²) in [5.74, 6) is 0.828. The summed E-state index contributed by atoms with van der Waals surface area (Å²) in [6, 6.07) is 4.74. The minimum absolute atomic E-state index is 0.237. The monoisotopic (exact) mass is 261 g/mol. The summed E-state index contributed by atoms with van der Waals surface area (Å²) in [5, 5.41) is 6.48. The van der Waals surface area contributed by atoms with Crippen molar-refractivity contribution in [1.82, 2.24) is 15.5 Å². The molecular formula is C12H15N5O2. The molecule has 19 heavy (non-hydrogen) atoms. The molecule has 0 bridgehead atoms. The van der Waals surface area contributed by atoms with Crippen LogP contribution >= 0.6 is 0 Å². The maximum absolute atomic E-state index is 11.9. The summed E-state index contributed by atoms with van der Waals surface area (Å²) in [6.45, 7) is 2.12. The number of carbonyl (C=O) groups excluding carboxylic acids is 1. The minimum Gasteiger partial charge on any atom is -0.399 e. The highest BCUT2D eigenvalue weighted by molar-refractivity contribution is 5.96. The summed E-state index contributed by atoms with van der Waals surface area (Å²) in [6.07, 6.45) is 0.501. The summed E-state index contributed by atoms with van der Waals surface area (Å²) >= 11 is 0. The molecule has 1 amide bonds. The van der Waals surface area contributed by atoms with Crippen molar-refractivity contribution in [3.8, 4) is 0 Å². The van der Waals surface area contributed by atoms with E-state index in [0.29, 0.717) is 41.6 Å². The molecule has 0 aliphatic heterocycles. The van der Waals surface area contributed by atoms with Crippen LogP contribution in [0.2, 0.25) is 0 Å². The zero-order chi connectivity index (χ0) is 13.8. The Morgan fingerprint density at radius 3 is 2.58 bits per heavy atom. The number of anilines is 2. The van der Waals surface area contributed by atoms with Crippen LogP contribution in [0.5, 0.6) is 0 Å². The molecule has 1 aromatic heterocycles. The molecule has 0 saturated carbocycles. The molecule has 0 saturated heterocycles. The average Bonchev–Trinajstić information content (AvgIpc) is 2.73. The van der Waals surface area contributed by atoms with Crippen LogP contribution in [-0.4, -0.2) is 22.6 Å². The van der Waals surface area contributed by atoms with Crippen molar-refractivity contribution >= 4 is 17.3 Å². The molecule has 1 heterocycles. The normalized spacial score (nSPS) is 10.4. The van der Waals surface area contributed by atoms with Crippen molar-refractivity contribution in [2.24, 2.45) is 0 Å². The van der Waals surface area contributed by atoms with Crippen molar-refractivity contribution < 1.29 is 9.32 Å². The van der Waals surface area contributed by atoms with Gasteiger partial charge in [-0.25, -0.2) is 0 Å². The van der Waals surface area contributed by atoms with E-state index in [1.165, 1.54) is 0 Å². The van der Waals surface area contributed by atoms with Crippen molar-refractivity contribution in [2.45, 2.75) is 13.3 Å². The molecule has 0 fully saturated rings. The largest absolute Gasteiger partial charge is 0.399 e. The van der Waals surface area contributed by atoms with Crippen LogP contribution in [0, 0.1) is 6.92 Å². The Labute approximate surface area is 110 Å². The van der Waals surface area contributed by atoms with Gasteiger partial charge in [-0.05, 0) is 18.2 Å². The first-order valence-electron chi connectivity index (χ1n) is 5.78. The Hall–Kier alpha value is -2.57. The van der Waals surface area contributed by atoms with Gasteiger partial charge in [0.05, 0.1) is 0 Å². The van der Waals surface area contributed by atoms with E-state index in [9.17, 15) is 4.79 Å². The quantitative estimate of drug-likeness (QED) is 0.690. The summed E-state index contributed by atoms with van der Waals surface area (Å²) < 4.78 is 4.83. The van der Waals surface area contributed by atoms with Gasteiger partial charge in [0.1, 0.15) is 0 Å². The molecule has 5 N–H and O–H groups in total. The van der Waals surface area contributed by atoms with Crippen LogP contribution in [0.4, 0.5) is 11.4 Å². The summed E-state index contributed by atoms with van der Waals surface area (Å²) in [4.78, 5) is 15.9. The number of rotatable bonds is 4. The molecule has 7 nitrogen and oxygen atoms in total. The molecule has 0 aliphatic carbocycles. The molecule has 7 heteroatoms. The van der Waals surface area contributed by atoms with Crippen LogP contribution in [0.25, 0.3) is 0 Å². The molecule has 100 valence electrons.